The van der Waals surface area contributed by atoms with Crippen LogP contribution in [0, 0.1) is 13.8 Å². The molecule has 0 bridgehead atoms. The minimum absolute atomic E-state index is 0. The van der Waals surface area contributed by atoms with Crippen molar-refractivity contribution in [3.8, 4) is 0 Å². The molecule has 0 spiro atoms. The highest BCUT2D eigenvalue weighted by atomic mass is 35.5. The summed E-state index contributed by atoms with van der Waals surface area (Å²) >= 11 is 0. The van der Waals surface area contributed by atoms with Gasteiger partial charge in [-0.05, 0) is 20.8 Å². The molecule has 1 aromatic heterocycles. The van der Waals surface area contributed by atoms with Gasteiger partial charge in [0.2, 0.25) is 0 Å². The number of aromatic nitrogens is 2. The van der Waals surface area contributed by atoms with Gasteiger partial charge in [-0.2, -0.15) is 5.10 Å². The molecule has 1 amide bonds. The lowest BCUT2D eigenvalue weighted by atomic mass is 10.2. The normalized spacial score (nSPS) is 10.2. The quantitative estimate of drug-likeness (QED) is 0.701. The van der Waals surface area contributed by atoms with Crippen LogP contribution in [0.25, 0.3) is 0 Å². The summed E-state index contributed by atoms with van der Waals surface area (Å²) in [4.78, 5) is 12.1. The predicted octanol–water partition coefficient (Wildman–Crippen LogP) is 0.907. The molecule has 6 nitrogen and oxygen atoms in total. The fourth-order valence-corrected chi connectivity index (χ4v) is 1.99. The molecule has 1 heterocycles. The molecule has 7 heteroatoms. The molecule has 0 saturated carbocycles. The van der Waals surface area contributed by atoms with Gasteiger partial charge in [-0.3, -0.25) is 9.48 Å². The molecule has 116 valence electrons. The highest BCUT2D eigenvalue weighted by Crippen LogP contribution is 2.12. The van der Waals surface area contributed by atoms with Crippen molar-refractivity contribution in [3.63, 3.8) is 0 Å². The van der Waals surface area contributed by atoms with Crippen molar-refractivity contribution in [1.29, 1.82) is 0 Å². The summed E-state index contributed by atoms with van der Waals surface area (Å²) in [5, 5.41) is 10.4. The molecule has 0 aliphatic carbocycles. The topological polar surface area (TPSA) is 68.2 Å². The number of halogens is 1. The van der Waals surface area contributed by atoms with Crippen LogP contribution in [-0.2, 0) is 11.3 Å². The zero-order valence-corrected chi connectivity index (χ0v) is 13.5. The molecule has 0 atom stereocenters. The van der Waals surface area contributed by atoms with Crippen molar-refractivity contribution in [1.82, 2.24) is 20.4 Å². The Morgan fingerprint density at radius 2 is 2.00 bits per heavy atom. The van der Waals surface area contributed by atoms with Gasteiger partial charge in [0.25, 0.3) is 5.91 Å². The molecular weight excluding hydrogens is 280 g/mol. The lowest BCUT2D eigenvalue weighted by molar-refractivity contribution is 0.0952. The van der Waals surface area contributed by atoms with Crippen molar-refractivity contribution in [2.75, 3.05) is 33.4 Å². The van der Waals surface area contributed by atoms with E-state index in [2.05, 4.69) is 15.7 Å². The maximum atomic E-state index is 12.1. The molecule has 0 aliphatic rings. The van der Waals surface area contributed by atoms with Gasteiger partial charge in [-0.1, -0.05) is 0 Å². The molecule has 2 N–H and O–H groups in total. The van der Waals surface area contributed by atoms with Gasteiger partial charge in [-0.25, -0.2) is 0 Å². The van der Waals surface area contributed by atoms with Gasteiger partial charge in [0, 0.05) is 39.0 Å². The van der Waals surface area contributed by atoms with Crippen LogP contribution in [0.2, 0.25) is 0 Å². The third-order valence-corrected chi connectivity index (χ3v) is 2.98. The van der Waals surface area contributed by atoms with Crippen LogP contribution in [0.15, 0.2) is 0 Å². The van der Waals surface area contributed by atoms with Crippen LogP contribution in [0.4, 0.5) is 0 Å². The second kappa shape index (κ2) is 9.74. The SMILES string of the molecule is CCn1nc(C)c(C(=O)NCCNCCOC)c1C.Cl. The molecule has 1 aromatic rings. The number of hydrogen-bond acceptors (Lipinski definition) is 4. The number of carbonyl (C=O) groups excluding carboxylic acids is 1. The van der Waals surface area contributed by atoms with Gasteiger partial charge in [0.1, 0.15) is 0 Å². The number of carbonyl (C=O) groups is 1. The Labute approximate surface area is 126 Å². The largest absolute Gasteiger partial charge is 0.383 e. The summed E-state index contributed by atoms with van der Waals surface area (Å²) in [6.45, 7) is 9.38. The number of ether oxygens (including phenoxy) is 1. The maximum Gasteiger partial charge on any atom is 0.255 e. The zero-order valence-electron chi connectivity index (χ0n) is 12.7. The highest BCUT2D eigenvalue weighted by molar-refractivity contribution is 5.96. The molecule has 0 fully saturated rings. The van der Waals surface area contributed by atoms with Gasteiger partial charge in [-0.15, -0.1) is 12.4 Å². The van der Waals surface area contributed by atoms with E-state index in [4.69, 9.17) is 4.74 Å². The Kier molecular flexibility index (Phi) is 9.20. The minimum Gasteiger partial charge on any atom is -0.383 e. The molecule has 0 unspecified atom stereocenters. The fraction of sp³-hybridized carbons (Fsp3) is 0.692. The lowest BCUT2D eigenvalue weighted by Gasteiger charge is -2.07. The van der Waals surface area contributed by atoms with E-state index in [1.54, 1.807) is 7.11 Å². The van der Waals surface area contributed by atoms with Crippen molar-refractivity contribution < 1.29 is 9.53 Å². The summed E-state index contributed by atoms with van der Waals surface area (Å²) in [7, 11) is 1.67. The third-order valence-electron chi connectivity index (χ3n) is 2.98. The number of methoxy groups -OCH3 is 1. The first-order valence-corrected chi connectivity index (χ1v) is 6.63. The minimum atomic E-state index is -0.0526. The maximum absolute atomic E-state index is 12.1. The molecule has 0 aromatic carbocycles. The molecule has 0 aliphatic heterocycles. The molecular formula is C13H25ClN4O2. The Balaban J connectivity index is 0.00000361. The van der Waals surface area contributed by atoms with E-state index < -0.39 is 0 Å². The fourth-order valence-electron chi connectivity index (χ4n) is 1.99. The summed E-state index contributed by atoms with van der Waals surface area (Å²) < 4.78 is 6.77. The number of hydrogen-bond donors (Lipinski definition) is 2. The van der Waals surface area contributed by atoms with Crippen LogP contribution in [0.1, 0.15) is 28.7 Å². The zero-order chi connectivity index (χ0) is 14.3. The van der Waals surface area contributed by atoms with Crippen LogP contribution in [0.3, 0.4) is 0 Å². The highest BCUT2D eigenvalue weighted by Gasteiger charge is 2.17. The summed E-state index contributed by atoms with van der Waals surface area (Å²) in [5.74, 6) is -0.0526. The van der Waals surface area contributed by atoms with Gasteiger partial charge in [0.15, 0.2) is 0 Å². The van der Waals surface area contributed by atoms with E-state index in [0.717, 1.165) is 31.0 Å². The average molecular weight is 305 g/mol. The number of aryl methyl sites for hydroxylation is 2. The summed E-state index contributed by atoms with van der Waals surface area (Å²) in [5.41, 5.74) is 2.40. The van der Waals surface area contributed by atoms with Crippen molar-refractivity contribution in [2.45, 2.75) is 27.3 Å². The van der Waals surface area contributed by atoms with Gasteiger partial charge < -0.3 is 15.4 Å². The first-order valence-electron chi connectivity index (χ1n) is 6.63. The van der Waals surface area contributed by atoms with Crippen molar-refractivity contribution in [3.05, 3.63) is 17.0 Å². The third kappa shape index (κ3) is 5.11. The van der Waals surface area contributed by atoms with E-state index in [-0.39, 0.29) is 18.3 Å². The van der Waals surface area contributed by atoms with Crippen molar-refractivity contribution >= 4 is 18.3 Å². The van der Waals surface area contributed by atoms with E-state index in [1.807, 2.05) is 25.5 Å². The van der Waals surface area contributed by atoms with Crippen molar-refractivity contribution in [2.24, 2.45) is 0 Å². The number of nitrogens with zero attached hydrogens (tertiary/aromatic N) is 2. The van der Waals surface area contributed by atoms with Crippen LogP contribution in [0.5, 0.6) is 0 Å². The predicted molar refractivity (Wildman–Crippen MR) is 81.7 cm³/mol. The van der Waals surface area contributed by atoms with Crippen LogP contribution in [-0.4, -0.2) is 49.0 Å². The van der Waals surface area contributed by atoms with E-state index in [1.165, 1.54) is 0 Å². The lowest BCUT2D eigenvalue weighted by Crippen LogP contribution is -2.33. The van der Waals surface area contributed by atoms with Gasteiger partial charge in [0.05, 0.1) is 17.9 Å². The first kappa shape index (κ1) is 18.9. The van der Waals surface area contributed by atoms with Gasteiger partial charge >= 0.3 is 0 Å². The Morgan fingerprint density at radius 1 is 1.30 bits per heavy atom. The van der Waals surface area contributed by atoms with Crippen LogP contribution < -0.4 is 10.6 Å². The first-order chi connectivity index (χ1) is 9.11. The Hall–Kier alpha value is -1.11. The standard InChI is InChI=1S/C13H24N4O2.ClH/c1-5-17-11(3)12(10(2)16-17)13(18)15-7-6-14-8-9-19-4;/h14H,5-9H2,1-4H3,(H,15,18);1H. The molecule has 20 heavy (non-hydrogen) atoms. The number of amides is 1. The second-order valence-electron chi connectivity index (χ2n) is 4.36. The molecule has 0 saturated heterocycles. The van der Waals surface area contributed by atoms with E-state index >= 15 is 0 Å². The van der Waals surface area contributed by atoms with Crippen LogP contribution >= 0.6 is 12.4 Å². The monoisotopic (exact) mass is 304 g/mol. The second-order valence-corrected chi connectivity index (χ2v) is 4.36. The molecule has 1 rings (SSSR count). The van der Waals surface area contributed by atoms with E-state index in [9.17, 15) is 4.79 Å². The number of nitrogens with one attached hydrogen (secondary N) is 2. The average Bonchev–Trinajstić information content (AvgIpc) is 2.68. The summed E-state index contributed by atoms with van der Waals surface area (Å²) in [6.07, 6.45) is 0. The summed E-state index contributed by atoms with van der Waals surface area (Å²) in [6, 6.07) is 0. The molecule has 0 radical (unpaired) electrons. The Morgan fingerprint density at radius 3 is 2.55 bits per heavy atom. The number of rotatable bonds is 8. The Bertz CT molecular complexity index is 421. The smallest absolute Gasteiger partial charge is 0.255 e. The van der Waals surface area contributed by atoms with E-state index in [0.29, 0.717) is 18.7 Å².